The number of ether oxygens (including phenoxy) is 4. The molecule has 2 aromatic rings. The minimum Gasteiger partial charge on any atom is -0.390 e. The van der Waals surface area contributed by atoms with E-state index in [9.17, 15) is 30.6 Å². The zero-order valence-corrected chi connectivity index (χ0v) is 24.7. The second-order valence-electron chi connectivity index (χ2n) is 12.3. The number of aliphatic hydroxyl groups is 6. The standard InChI is InChI=1S/C32H46N2O10/c33-21-11-13-32(14-12-21,15-22(35)26(39)28-24(37)17-41-30(43-28)19-7-3-1-4-8-19)34-16-23(36)27(40)29-25(38)18-42-31(44-29)20-9-5-2-6-10-20/h1-10,21-31,34-40H,11-18,33H2/t21?,22-,23-,24+,25+,26+,27+,28+,29+,30+,31+,32?/m0/s1. The fourth-order valence-corrected chi connectivity index (χ4v) is 6.34. The van der Waals surface area contributed by atoms with E-state index in [0.717, 1.165) is 11.1 Å². The number of β-amino-alcohol motifs (C(OH)–C–C–N with tert-alkyl or cyclic N) is 1. The molecule has 0 amide bonds. The molecule has 0 spiro atoms. The summed E-state index contributed by atoms with van der Waals surface area (Å²) in [6.45, 7) is -0.213. The Hall–Kier alpha value is -2.04. The second-order valence-corrected chi connectivity index (χ2v) is 12.3. The van der Waals surface area contributed by atoms with Gasteiger partial charge in [-0.3, -0.25) is 0 Å². The zero-order chi connectivity index (χ0) is 31.3. The first-order chi connectivity index (χ1) is 21.2. The summed E-state index contributed by atoms with van der Waals surface area (Å²) in [5.74, 6) is 0. The molecule has 0 aromatic heterocycles. The van der Waals surface area contributed by atoms with Crippen molar-refractivity contribution < 1.29 is 49.6 Å². The van der Waals surface area contributed by atoms with Gasteiger partial charge in [0.25, 0.3) is 0 Å². The number of hydrogen-bond donors (Lipinski definition) is 8. The van der Waals surface area contributed by atoms with Crippen LogP contribution in [0.2, 0.25) is 0 Å². The van der Waals surface area contributed by atoms with Gasteiger partial charge >= 0.3 is 0 Å². The van der Waals surface area contributed by atoms with Crippen molar-refractivity contribution in [2.24, 2.45) is 5.73 Å². The third kappa shape index (κ3) is 8.02. The van der Waals surface area contributed by atoms with E-state index < -0.39 is 67.0 Å². The Balaban J connectivity index is 1.21. The molecule has 44 heavy (non-hydrogen) atoms. The minimum atomic E-state index is -1.44. The van der Waals surface area contributed by atoms with E-state index in [1.165, 1.54) is 0 Å². The summed E-state index contributed by atoms with van der Waals surface area (Å²) >= 11 is 0. The Morgan fingerprint density at radius 3 is 1.66 bits per heavy atom. The average molecular weight is 619 g/mol. The van der Waals surface area contributed by atoms with E-state index in [-0.39, 0.29) is 32.2 Å². The Bertz CT molecular complexity index is 1140. The zero-order valence-electron chi connectivity index (χ0n) is 24.7. The molecule has 0 unspecified atom stereocenters. The Kier molecular flexibility index (Phi) is 11.4. The molecule has 12 nitrogen and oxygen atoms in total. The van der Waals surface area contributed by atoms with Gasteiger partial charge in [0.05, 0.1) is 25.4 Å². The highest BCUT2D eigenvalue weighted by molar-refractivity contribution is 5.17. The summed E-state index contributed by atoms with van der Waals surface area (Å²) in [7, 11) is 0. The van der Waals surface area contributed by atoms with Gasteiger partial charge in [-0.05, 0) is 32.1 Å². The molecule has 10 atom stereocenters. The van der Waals surface area contributed by atoms with Crippen molar-refractivity contribution >= 4 is 0 Å². The molecule has 2 aromatic carbocycles. The SMILES string of the molecule is NC1CCC(C[C@H](O)[C@@H](O)[C@@H]2O[C@H](c3ccccc3)OC[C@H]2O)(NC[C@H](O)[C@@H](O)[C@@H]2O[C@H](c3ccccc3)OC[C@H]2O)CC1. The van der Waals surface area contributed by atoms with E-state index in [4.69, 9.17) is 24.7 Å². The van der Waals surface area contributed by atoms with Gasteiger partial charge in [-0.2, -0.15) is 0 Å². The van der Waals surface area contributed by atoms with E-state index in [1.807, 2.05) is 60.7 Å². The third-order valence-corrected chi connectivity index (χ3v) is 9.04. The predicted octanol–water partition coefficient (Wildman–Crippen LogP) is 0.00000000000000272. The number of nitrogens with one attached hydrogen (secondary N) is 1. The van der Waals surface area contributed by atoms with Crippen molar-refractivity contribution in [1.82, 2.24) is 5.32 Å². The molecule has 12 heteroatoms. The molecular weight excluding hydrogens is 572 g/mol. The van der Waals surface area contributed by atoms with Gasteiger partial charge < -0.3 is 60.6 Å². The molecule has 9 N–H and O–H groups in total. The lowest BCUT2D eigenvalue weighted by Crippen LogP contribution is -2.59. The quantitative estimate of drug-likeness (QED) is 0.168. The van der Waals surface area contributed by atoms with Gasteiger partial charge in [0.2, 0.25) is 0 Å². The van der Waals surface area contributed by atoms with Gasteiger partial charge in [-0.1, -0.05) is 60.7 Å². The van der Waals surface area contributed by atoms with Gasteiger partial charge in [0.15, 0.2) is 12.6 Å². The first-order valence-electron chi connectivity index (χ1n) is 15.4. The van der Waals surface area contributed by atoms with Crippen LogP contribution in [-0.4, -0.2) is 111 Å². The molecule has 1 aliphatic carbocycles. The molecule has 2 aliphatic heterocycles. The largest absolute Gasteiger partial charge is 0.390 e. The van der Waals surface area contributed by atoms with Crippen molar-refractivity contribution in [2.45, 2.75) is 105 Å². The molecular formula is C32H46N2O10. The topological polar surface area (TPSA) is 196 Å². The Morgan fingerprint density at radius 2 is 1.18 bits per heavy atom. The fraction of sp³-hybridized carbons (Fsp3) is 0.625. The van der Waals surface area contributed by atoms with Crippen LogP contribution in [0, 0.1) is 0 Å². The van der Waals surface area contributed by atoms with Crippen LogP contribution in [0.5, 0.6) is 0 Å². The Morgan fingerprint density at radius 1 is 0.727 bits per heavy atom. The van der Waals surface area contributed by atoms with Crippen LogP contribution < -0.4 is 11.1 Å². The van der Waals surface area contributed by atoms with E-state index in [2.05, 4.69) is 5.32 Å². The molecule has 2 saturated heterocycles. The smallest absolute Gasteiger partial charge is 0.184 e. The van der Waals surface area contributed by atoms with Crippen LogP contribution in [0.1, 0.15) is 55.8 Å². The van der Waals surface area contributed by atoms with Crippen LogP contribution >= 0.6 is 0 Å². The maximum atomic E-state index is 11.2. The maximum absolute atomic E-state index is 11.2. The van der Waals surface area contributed by atoms with Gasteiger partial charge in [0, 0.05) is 29.3 Å². The second kappa shape index (κ2) is 15.0. The number of rotatable bonds is 11. The van der Waals surface area contributed by atoms with Crippen LogP contribution in [-0.2, 0) is 18.9 Å². The molecule has 0 radical (unpaired) electrons. The van der Waals surface area contributed by atoms with Crippen LogP contribution in [0.15, 0.2) is 60.7 Å². The molecule has 3 fully saturated rings. The molecule has 5 rings (SSSR count). The summed E-state index contributed by atoms with van der Waals surface area (Å²) in [5, 5.41) is 68.9. The van der Waals surface area contributed by atoms with Crippen LogP contribution in [0.25, 0.3) is 0 Å². The van der Waals surface area contributed by atoms with Gasteiger partial charge in [-0.25, -0.2) is 0 Å². The summed E-state index contributed by atoms with van der Waals surface area (Å²) < 4.78 is 23.0. The van der Waals surface area contributed by atoms with Crippen molar-refractivity contribution in [2.75, 3.05) is 19.8 Å². The summed E-state index contributed by atoms with van der Waals surface area (Å²) in [6, 6.07) is 18.3. The summed E-state index contributed by atoms with van der Waals surface area (Å²) in [4.78, 5) is 0. The number of nitrogens with two attached hydrogens (primary N) is 1. The third-order valence-electron chi connectivity index (χ3n) is 9.04. The Labute approximate surface area is 257 Å². The fourth-order valence-electron chi connectivity index (χ4n) is 6.34. The normalized spacial score (nSPS) is 35.8. The predicted molar refractivity (Wildman–Crippen MR) is 158 cm³/mol. The van der Waals surface area contributed by atoms with E-state index in [0.29, 0.717) is 25.7 Å². The molecule has 3 aliphatic rings. The lowest BCUT2D eigenvalue weighted by atomic mass is 9.75. The van der Waals surface area contributed by atoms with E-state index >= 15 is 0 Å². The van der Waals surface area contributed by atoms with E-state index in [1.54, 1.807) is 0 Å². The van der Waals surface area contributed by atoms with Crippen molar-refractivity contribution in [3.63, 3.8) is 0 Å². The first kappa shape index (κ1) is 33.3. The lowest BCUT2D eigenvalue weighted by molar-refractivity contribution is -0.284. The highest BCUT2D eigenvalue weighted by atomic mass is 16.7. The molecule has 2 heterocycles. The molecule has 1 saturated carbocycles. The van der Waals surface area contributed by atoms with Crippen molar-refractivity contribution in [1.29, 1.82) is 0 Å². The monoisotopic (exact) mass is 618 g/mol. The number of hydrogen-bond acceptors (Lipinski definition) is 12. The van der Waals surface area contributed by atoms with Crippen LogP contribution in [0.3, 0.4) is 0 Å². The molecule has 0 bridgehead atoms. The maximum Gasteiger partial charge on any atom is 0.184 e. The average Bonchev–Trinajstić information content (AvgIpc) is 3.05. The highest BCUT2D eigenvalue weighted by Gasteiger charge is 2.45. The van der Waals surface area contributed by atoms with Gasteiger partial charge in [0.1, 0.15) is 36.6 Å². The van der Waals surface area contributed by atoms with Crippen LogP contribution in [0.4, 0.5) is 0 Å². The number of benzene rings is 2. The first-order valence-corrected chi connectivity index (χ1v) is 15.4. The summed E-state index contributed by atoms with van der Waals surface area (Å²) in [5.41, 5.74) is 6.90. The highest BCUT2D eigenvalue weighted by Crippen LogP contribution is 2.35. The minimum absolute atomic E-state index is 0.0181. The van der Waals surface area contributed by atoms with Gasteiger partial charge in [-0.15, -0.1) is 0 Å². The van der Waals surface area contributed by atoms with Crippen molar-refractivity contribution in [3.05, 3.63) is 71.8 Å². The number of aliphatic hydroxyl groups excluding tert-OH is 6. The molecule has 244 valence electrons. The van der Waals surface area contributed by atoms with Crippen molar-refractivity contribution in [3.8, 4) is 0 Å². The summed E-state index contributed by atoms with van der Waals surface area (Å²) in [6.07, 6.45) is -9.07. The lowest BCUT2D eigenvalue weighted by Gasteiger charge is -2.45.